The summed E-state index contributed by atoms with van der Waals surface area (Å²) in [7, 11) is 0. The number of nitrogens with one attached hydrogen (secondary N) is 1. The number of benzene rings is 2. The van der Waals surface area contributed by atoms with E-state index in [1.807, 2.05) is 26.0 Å². The van der Waals surface area contributed by atoms with Gasteiger partial charge in [0.15, 0.2) is 0 Å². The zero-order valence-corrected chi connectivity index (χ0v) is 14.3. The van der Waals surface area contributed by atoms with Crippen LogP contribution in [-0.2, 0) is 6.61 Å². The van der Waals surface area contributed by atoms with E-state index in [1.54, 1.807) is 24.5 Å². The highest BCUT2D eigenvalue weighted by atomic mass is 35.5. The lowest BCUT2D eigenvalue weighted by Crippen LogP contribution is -2.08. The standard InChI is InChI=1S/C17H18ClNO2S/c1-11-4-7-16(12(2)8-11)21-10-13-9-14(18)5-6-15(13)19-17(20)22-3/h4-9H,10H2,1-3H3,(H,19,20). The lowest BCUT2D eigenvalue weighted by atomic mass is 10.1. The second-order valence-electron chi connectivity index (χ2n) is 4.98. The summed E-state index contributed by atoms with van der Waals surface area (Å²) in [5.74, 6) is 0.827. The van der Waals surface area contributed by atoms with E-state index in [-0.39, 0.29) is 5.24 Å². The molecule has 0 aromatic heterocycles. The van der Waals surface area contributed by atoms with Gasteiger partial charge >= 0.3 is 0 Å². The highest BCUT2D eigenvalue weighted by molar-refractivity contribution is 8.13. The predicted molar refractivity (Wildman–Crippen MR) is 94.2 cm³/mol. The van der Waals surface area contributed by atoms with E-state index in [2.05, 4.69) is 11.4 Å². The first-order valence-corrected chi connectivity index (χ1v) is 8.43. The summed E-state index contributed by atoms with van der Waals surface area (Å²) in [5.41, 5.74) is 3.83. The minimum atomic E-state index is -0.116. The van der Waals surface area contributed by atoms with Crippen molar-refractivity contribution in [2.24, 2.45) is 0 Å². The molecule has 0 atom stereocenters. The average molecular weight is 336 g/mol. The highest BCUT2D eigenvalue weighted by Crippen LogP contribution is 2.25. The van der Waals surface area contributed by atoms with Crippen LogP contribution in [0.2, 0.25) is 5.02 Å². The lowest BCUT2D eigenvalue weighted by molar-refractivity contribution is 0.269. The molecule has 2 aromatic carbocycles. The number of halogens is 1. The summed E-state index contributed by atoms with van der Waals surface area (Å²) in [4.78, 5) is 11.6. The van der Waals surface area contributed by atoms with Gasteiger partial charge in [0.25, 0.3) is 5.24 Å². The van der Waals surface area contributed by atoms with Crippen LogP contribution < -0.4 is 10.1 Å². The van der Waals surface area contributed by atoms with E-state index < -0.39 is 0 Å². The number of hydrogen-bond donors (Lipinski definition) is 1. The van der Waals surface area contributed by atoms with Crippen LogP contribution in [0.1, 0.15) is 16.7 Å². The Hall–Kier alpha value is -1.65. The molecule has 0 heterocycles. The Bertz CT molecular complexity index is 688. The van der Waals surface area contributed by atoms with E-state index in [0.717, 1.165) is 28.6 Å². The second-order valence-corrected chi connectivity index (χ2v) is 6.19. The zero-order valence-electron chi connectivity index (χ0n) is 12.8. The average Bonchev–Trinajstić information content (AvgIpc) is 2.48. The van der Waals surface area contributed by atoms with E-state index in [1.165, 1.54) is 5.56 Å². The van der Waals surface area contributed by atoms with Crippen molar-refractivity contribution >= 4 is 34.3 Å². The molecule has 0 aliphatic rings. The fourth-order valence-electron chi connectivity index (χ4n) is 2.08. The number of carbonyl (C=O) groups excluding carboxylic acids is 1. The summed E-state index contributed by atoms with van der Waals surface area (Å²) in [6.07, 6.45) is 1.73. The molecular weight excluding hydrogens is 318 g/mol. The molecule has 0 fully saturated rings. The van der Waals surface area contributed by atoms with E-state index in [0.29, 0.717) is 17.3 Å². The van der Waals surface area contributed by atoms with Gasteiger partial charge < -0.3 is 10.1 Å². The molecule has 0 aliphatic heterocycles. The lowest BCUT2D eigenvalue weighted by Gasteiger charge is -2.14. The second kappa shape index (κ2) is 7.56. The quantitative estimate of drug-likeness (QED) is 0.809. The molecule has 2 rings (SSSR count). The number of amides is 1. The Kier molecular flexibility index (Phi) is 5.75. The maximum Gasteiger partial charge on any atom is 0.283 e. The topological polar surface area (TPSA) is 38.3 Å². The third kappa shape index (κ3) is 4.42. The molecule has 3 nitrogen and oxygen atoms in total. The fourth-order valence-corrected chi connectivity index (χ4v) is 2.49. The van der Waals surface area contributed by atoms with Gasteiger partial charge in [-0.15, -0.1) is 0 Å². The number of rotatable bonds is 4. The van der Waals surface area contributed by atoms with Gasteiger partial charge in [-0.05, 0) is 49.9 Å². The van der Waals surface area contributed by atoms with Gasteiger partial charge in [-0.25, -0.2) is 0 Å². The fraction of sp³-hybridized carbons (Fsp3) is 0.235. The number of aryl methyl sites for hydroxylation is 2. The molecule has 0 saturated heterocycles. The van der Waals surface area contributed by atoms with Crippen molar-refractivity contribution in [2.45, 2.75) is 20.5 Å². The van der Waals surface area contributed by atoms with Crippen LogP contribution in [0, 0.1) is 13.8 Å². The van der Waals surface area contributed by atoms with Crippen molar-refractivity contribution in [3.05, 3.63) is 58.1 Å². The molecule has 22 heavy (non-hydrogen) atoms. The van der Waals surface area contributed by atoms with Crippen LogP contribution in [0.5, 0.6) is 5.75 Å². The molecular formula is C17H18ClNO2S. The van der Waals surface area contributed by atoms with Crippen LogP contribution in [0.4, 0.5) is 10.5 Å². The normalized spacial score (nSPS) is 10.4. The Morgan fingerprint density at radius 1 is 1.23 bits per heavy atom. The SMILES string of the molecule is CSC(=O)Nc1ccc(Cl)cc1COc1ccc(C)cc1C. The van der Waals surface area contributed by atoms with Crippen LogP contribution >= 0.6 is 23.4 Å². The van der Waals surface area contributed by atoms with Crippen LogP contribution in [0.3, 0.4) is 0 Å². The summed E-state index contributed by atoms with van der Waals surface area (Å²) in [5, 5.41) is 3.33. The van der Waals surface area contributed by atoms with Gasteiger partial charge in [-0.1, -0.05) is 41.1 Å². The zero-order chi connectivity index (χ0) is 16.1. The third-order valence-corrected chi connectivity index (χ3v) is 3.91. The molecule has 0 bridgehead atoms. The Balaban J connectivity index is 2.17. The summed E-state index contributed by atoms with van der Waals surface area (Å²) in [6.45, 7) is 4.40. The summed E-state index contributed by atoms with van der Waals surface area (Å²) >= 11 is 7.17. The first-order chi connectivity index (χ1) is 10.5. The molecule has 1 N–H and O–H groups in total. The molecule has 0 unspecified atom stereocenters. The first kappa shape index (κ1) is 16.7. The molecule has 116 valence electrons. The molecule has 1 amide bonds. The van der Waals surface area contributed by atoms with Gasteiger partial charge in [0, 0.05) is 16.3 Å². The molecule has 0 saturated carbocycles. The van der Waals surface area contributed by atoms with Gasteiger partial charge in [0.1, 0.15) is 12.4 Å². The van der Waals surface area contributed by atoms with Gasteiger partial charge in [0.05, 0.1) is 0 Å². The number of thioether (sulfide) groups is 1. The van der Waals surface area contributed by atoms with Crippen molar-refractivity contribution in [3.8, 4) is 5.75 Å². The largest absolute Gasteiger partial charge is 0.489 e. The van der Waals surface area contributed by atoms with Crippen molar-refractivity contribution < 1.29 is 9.53 Å². The maximum atomic E-state index is 11.6. The number of carbonyl (C=O) groups is 1. The Morgan fingerprint density at radius 3 is 2.68 bits per heavy atom. The summed E-state index contributed by atoms with van der Waals surface area (Å²) in [6, 6.07) is 11.4. The van der Waals surface area contributed by atoms with Crippen molar-refractivity contribution in [1.29, 1.82) is 0 Å². The maximum absolute atomic E-state index is 11.6. The Morgan fingerprint density at radius 2 is 2.00 bits per heavy atom. The van der Waals surface area contributed by atoms with Crippen molar-refractivity contribution in [1.82, 2.24) is 0 Å². The monoisotopic (exact) mass is 335 g/mol. The summed E-state index contributed by atoms with van der Waals surface area (Å²) < 4.78 is 5.87. The van der Waals surface area contributed by atoms with Crippen LogP contribution in [-0.4, -0.2) is 11.5 Å². The van der Waals surface area contributed by atoms with E-state index >= 15 is 0 Å². The highest BCUT2D eigenvalue weighted by Gasteiger charge is 2.09. The third-order valence-electron chi connectivity index (χ3n) is 3.20. The van der Waals surface area contributed by atoms with Gasteiger partial charge in [0.2, 0.25) is 0 Å². The Labute approximate surface area is 140 Å². The predicted octanol–water partition coefficient (Wildman–Crippen LogP) is 5.43. The molecule has 5 heteroatoms. The smallest absolute Gasteiger partial charge is 0.283 e. The molecule has 2 aromatic rings. The van der Waals surface area contributed by atoms with Crippen molar-refractivity contribution in [2.75, 3.05) is 11.6 Å². The molecule has 0 spiro atoms. The minimum absolute atomic E-state index is 0.116. The van der Waals surface area contributed by atoms with Gasteiger partial charge in [-0.3, -0.25) is 4.79 Å². The molecule has 0 aliphatic carbocycles. The van der Waals surface area contributed by atoms with Crippen LogP contribution in [0.25, 0.3) is 0 Å². The number of anilines is 1. The van der Waals surface area contributed by atoms with Crippen molar-refractivity contribution in [3.63, 3.8) is 0 Å². The minimum Gasteiger partial charge on any atom is -0.489 e. The first-order valence-electron chi connectivity index (χ1n) is 6.83. The number of ether oxygens (including phenoxy) is 1. The molecule has 0 radical (unpaired) electrons. The number of hydrogen-bond acceptors (Lipinski definition) is 3. The van der Waals surface area contributed by atoms with E-state index in [9.17, 15) is 4.79 Å². The van der Waals surface area contributed by atoms with E-state index in [4.69, 9.17) is 16.3 Å². The van der Waals surface area contributed by atoms with Gasteiger partial charge in [-0.2, -0.15) is 0 Å². The van der Waals surface area contributed by atoms with Crippen LogP contribution in [0.15, 0.2) is 36.4 Å².